The molecule has 12 nitrogen and oxygen atoms in total. The summed E-state index contributed by atoms with van der Waals surface area (Å²) in [6.45, 7) is 4.73. The first-order valence-electron chi connectivity index (χ1n) is 15.2. The molecule has 1 aliphatic carbocycles. The SMILES string of the molecule is CC(C)C[C@H](NC(=O)[C@H](CCCN=C(N)N)NC(=O)CCCCN=C(N)N)C(=O)N[C@H]1CCCC[C@@H]1c1cccc(Cl)c1. The maximum Gasteiger partial charge on any atom is 0.243 e. The second kappa shape index (κ2) is 18.9. The van der Waals surface area contributed by atoms with Crippen LogP contribution in [0.25, 0.3) is 0 Å². The van der Waals surface area contributed by atoms with E-state index in [9.17, 15) is 14.4 Å². The minimum atomic E-state index is -0.851. The Hall–Kier alpha value is -3.54. The minimum absolute atomic E-state index is 0.00502. The highest BCUT2D eigenvalue weighted by molar-refractivity contribution is 6.30. The van der Waals surface area contributed by atoms with Crippen LogP contribution in [0.3, 0.4) is 0 Å². The zero-order valence-corrected chi connectivity index (χ0v) is 26.2. The van der Waals surface area contributed by atoms with Gasteiger partial charge >= 0.3 is 0 Å². The van der Waals surface area contributed by atoms with Crippen LogP contribution in [0.4, 0.5) is 0 Å². The second-order valence-electron chi connectivity index (χ2n) is 11.6. The molecule has 0 heterocycles. The van der Waals surface area contributed by atoms with Crippen LogP contribution in [-0.2, 0) is 14.4 Å². The van der Waals surface area contributed by atoms with Gasteiger partial charge in [0, 0.05) is 36.5 Å². The molecule has 0 bridgehead atoms. The minimum Gasteiger partial charge on any atom is -0.370 e. The Labute approximate surface area is 260 Å². The van der Waals surface area contributed by atoms with E-state index >= 15 is 0 Å². The number of nitrogens with one attached hydrogen (secondary N) is 3. The summed E-state index contributed by atoms with van der Waals surface area (Å²) in [4.78, 5) is 47.8. The van der Waals surface area contributed by atoms with Crippen molar-refractivity contribution in [3.63, 3.8) is 0 Å². The van der Waals surface area contributed by atoms with E-state index < -0.39 is 18.0 Å². The number of nitrogens with zero attached hydrogens (tertiary/aromatic N) is 2. The molecule has 1 fully saturated rings. The Kier molecular flexibility index (Phi) is 15.7. The van der Waals surface area contributed by atoms with Crippen molar-refractivity contribution in [3.8, 4) is 0 Å². The molecule has 3 amide bonds. The zero-order valence-electron chi connectivity index (χ0n) is 25.5. The van der Waals surface area contributed by atoms with Crippen molar-refractivity contribution in [3.05, 3.63) is 34.9 Å². The average Bonchev–Trinajstić information content (AvgIpc) is 2.93. The third-order valence-electron chi connectivity index (χ3n) is 7.41. The molecule has 2 rings (SSSR count). The number of rotatable bonds is 17. The van der Waals surface area contributed by atoms with Crippen LogP contribution in [0.1, 0.15) is 89.5 Å². The van der Waals surface area contributed by atoms with E-state index in [4.69, 9.17) is 34.5 Å². The van der Waals surface area contributed by atoms with Gasteiger partial charge in [-0.3, -0.25) is 24.4 Å². The Bertz CT molecular complexity index is 1100. The predicted octanol–water partition coefficient (Wildman–Crippen LogP) is 2.00. The number of nitrogens with two attached hydrogens (primary N) is 4. The highest BCUT2D eigenvalue weighted by atomic mass is 35.5. The molecular weight excluding hydrogens is 570 g/mol. The van der Waals surface area contributed by atoms with E-state index in [0.717, 1.165) is 31.2 Å². The zero-order chi connectivity index (χ0) is 31.8. The number of amides is 3. The summed E-state index contributed by atoms with van der Waals surface area (Å²) in [6.07, 6.45) is 6.48. The van der Waals surface area contributed by atoms with E-state index in [1.54, 1.807) is 0 Å². The third-order valence-corrected chi connectivity index (χ3v) is 7.65. The van der Waals surface area contributed by atoms with E-state index in [2.05, 4.69) is 25.9 Å². The monoisotopic (exact) mass is 619 g/mol. The van der Waals surface area contributed by atoms with Crippen molar-refractivity contribution in [2.75, 3.05) is 13.1 Å². The predicted molar refractivity (Wildman–Crippen MR) is 172 cm³/mol. The first-order valence-corrected chi connectivity index (χ1v) is 15.6. The third kappa shape index (κ3) is 14.0. The number of guanidine groups is 2. The number of benzene rings is 1. The maximum absolute atomic E-state index is 13.6. The molecule has 0 spiro atoms. The van der Waals surface area contributed by atoms with E-state index in [1.807, 2.05) is 38.1 Å². The topological polar surface area (TPSA) is 216 Å². The van der Waals surface area contributed by atoms with Gasteiger partial charge in [-0.25, -0.2) is 0 Å². The molecule has 0 saturated heterocycles. The van der Waals surface area contributed by atoms with Crippen LogP contribution in [0.5, 0.6) is 0 Å². The summed E-state index contributed by atoms with van der Waals surface area (Å²) in [5.74, 6) is -0.680. The first kappa shape index (κ1) is 35.7. The van der Waals surface area contributed by atoms with Crippen LogP contribution in [0.15, 0.2) is 34.3 Å². The highest BCUT2D eigenvalue weighted by Crippen LogP contribution is 2.34. The number of carbonyl (C=O) groups is 3. The summed E-state index contributed by atoms with van der Waals surface area (Å²) in [5.41, 5.74) is 22.6. The fraction of sp³-hybridized carbons (Fsp3) is 0.633. The summed E-state index contributed by atoms with van der Waals surface area (Å²) in [7, 11) is 0. The summed E-state index contributed by atoms with van der Waals surface area (Å²) >= 11 is 6.26. The molecule has 1 aromatic carbocycles. The van der Waals surface area contributed by atoms with Gasteiger partial charge in [-0.15, -0.1) is 0 Å². The van der Waals surface area contributed by atoms with Gasteiger partial charge in [-0.1, -0.05) is 50.4 Å². The number of carbonyl (C=O) groups excluding carboxylic acids is 3. The molecule has 4 atom stereocenters. The fourth-order valence-corrected chi connectivity index (χ4v) is 5.54. The van der Waals surface area contributed by atoms with E-state index in [0.29, 0.717) is 50.2 Å². The Morgan fingerprint density at radius 3 is 2.23 bits per heavy atom. The van der Waals surface area contributed by atoms with Gasteiger partial charge in [0.25, 0.3) is 0 Å². The summed E-state index contributed by atoms with van der Waals surface area (Å²) < 4.78 is 0. The summed E-state index contributed by atoms with van der Waals surface area (Å²) in [5, 5.41) is 9.65. The number of halogens is 1. The molecule has 1 aromatic rings. The van der Waals surface area contributed by atoms with Gasteiger partial charge in [-0.2, -0.15) is 0 Å². The summed E-state index contributed by atoms with van der Waals surface area (Å²) in [6, 6.07) is 6.10. The lowest BCUT2D eigenvalue weighted by Gasteiger charge is -2.34. The lowest BCUT2D eigenvalue weighted by molar-refractivity contribution is -0.132. The Balaban J connectivity index is 2.10. The molecule has 0 aromatic heterocycles. The van der Waals surface area contributed by atoms with Crippen molar-refractivity contribution < 1.29 is 14.4 Å². The number of aliphatic imine (C=N–C) groups is 2. The van der Waals surface area contributed by atoms with Gasteiger partial charge in [0.05, 0.1) is 0 Å². The van der Waals surface area contributed by atoms with Crippen LogP contribution in [-0.4, -0.2) is 60.9 Å². The van der Waals surface area contributed by atoms with Gasteiger partial charge in [-0.05, 0) is 68.6 Å². The highest BCUT2D eigenvalue weighted by Gasteiger charge is 2.32. The normalized spacial score (nSPS) is 17.8. The van der Waals surface area contributed by atoms with Gasteiger partial charge in [0.15, 0.2) is 11.9 Å². The van der Waals surface area contributed by atoms with Gasteiger partial charge in [0.1, 0.15) is 12.1 Å². The van der Waals surface area contributed by atoms with E-state index in [-0.39, 0.29) is 48.0 Å². The molecule has 0 radical (unpaired) electrons. The smallest absolute Gasteiger partial charge is 0.243 e. The lowest BCUT2D eigenvalue weighted by atomic mass is 9.80. The Morgan fingerprint density at radius 1 is 0.907 bits per heavy atom. The second-order valence-corrected chi connectivity index (χ2v) is 12.0. The molecule has 13 heteroatoms. The molecule has 0 aliphatic heterocycles. The standard InChI is InChI=1S/C30H50ClN9O3/c1-19(2)17-25(28(43)39-23-12-4-3-11-22(23)20-9-7-10-21(31)18-20)40-27(42)24(13-8-16-37-30(34)35)38-26(41)14-5-6-15-36-29(32)33/h7,9-10,18-19,22-25H,3-6,8,11-17H2,1-2H3,(H,38,41)(H,39,43)(H,40,42)(H4,32,33,36)(H4,34,35,37)/t22-,23+,24+,25+/m1/s1. The quantitative estimate of drug-likeness (QED) is 0.0780. The molecule has 1 aliphatic rings. The Morgan fingerprint density at radius 2 is 1.58 bits per heavy atom. The number of hydrogen-bond acceptors (Lipinski definition) is 5. The molecule has 240 valence electrons. The molecule has 0 unspecified atom stereocenters. The fourth-order valence-electron chi connectivity index (χ4n) is 5.34. The van der Waals surface area contributed by atoms with Gasteiger partial charge < -0.3 is 38.9 Å². The van der Waals surface area contributed by atoms with Crippen molar-refractivity contribution >= 4 is 41.2 Å². The number of hydrogen-bond donors (Lipinski definition) is 7. The lowest BCUT2D eigenvalue weighted by Crippen LogP contribution is -2.56. The molecular formula is C30H50ClN9O3. The maximum atomic E-state index is 13.6. The van der Waals surface area contributed by atoms with Crippen LogP contribution in [0.2, 0.25) is 5.02 Å². The molecule has 11 N–H and O–H groups in total. The average molecular weight is 620 g/mol. The largest absolute Gasteiger partial charge is 0.370 e. The van der Waals surface area contributed by atoms with Crippen molar-refractivity contribution in [1.29, 1.82) is 0 Å². The number of unbranched alkanes of at least 4 members (excludes halogenated alkanes) is 1. The van der Waals surface area contributed by atoms with Crippen molar-refractivity contribution in [2.45, 2.75) is 102 Å². The van der Waals surface area contributed by atoms with E-state index in [1.165, 1.54) is 0 Å². The van der Waals surface area contributed by atoms with Gasteiger partial charge in [0.2, 0.25) is 17.7 Å². The first-order chi connectivity index (χ1) is 20.5. The molecule has 43 heavy (non-hydrogen) atoms. The van der Waals surface area contributed by atoms with Crippen LogP contribution < -0.4 is 38.9 Å². The van der Waals surface area contributed by atoms with Crippen LogP contribution in [0, 0.1) is 5.92 Å². The van der Waals surface area contributed by atoms with Crippen molar-refractivity contribution in [1.82, 2.24) is 16.0 Å². The molecule has 1 saturated carbocycles. The van der Waals surface area contributed by atoms with Crippen LogP contribution >= 0.6 is 11.6 Å². The van der Waals surface area contributed by atoms with Crippen molar-refractivity contribution in [2.24, 2.45) is 38.8 Å².